The van der Waals surface area contributed by atoms with Crippen molar-refractivity contribution in [1.29, 1.82) is 0 Å². The largest absolute Gasteiger partial charge is 0.459 e. The monoisotopic (exact) mass is 525 g/mol. The number of benzene rings is 2. The molecule has 0 N–H and O–H groups in total. The number of sulfone groups is 1. The summed E-state index contributed by atoms with van der Waals surface area (Å²) in [5.41, 5.74) is 1.67. The first-order chi connectivity index (χ1) is 17.1. The van der Waals surface area contributed by atoms with Crippen LogP contribution < -0.4 is 0 Å². The second-order valence-electron chi connectivity index (χ2n) is 9.77. The molecule has 36 heavy (non-hydrogen) atoms. The molecule has 1 saturated heterocycles. The number of hydrogen-bond donors (Lipinski definition) is 0. The number of carbonyl (C=O) groups excluding carboxylic acids is 1. The lowest BCUT2D eigenvalue weighted by molar-refractivity contribution is -0.160. The zero-order valence-corrected chi connectivity index (χ0v) is 21.9. The average Bonchev–Trinajstić information content (AvgIpc) is 3.51. The third-order valence-electron chi connectivity index (χ3n) is 6.12. The number of rotatable bonds is 5. The van der Waals surface area contributed by atoms with Crippen molar-refractivity contribution in [3.8, 4) is 16.4 Å². The topological polar surface area (TPSA) is 100 Å². The molecule has 0 unspecified atom stereocenters. The number of imidazole rings is 1. The molecule has 3 heterocycles. The SMILES string of the molecule is CC(C)(C)OC(=O)C1(S(=O)(=O)c2ccc3nc(-n4cnc(-c5ccccc5)c4)sc3c2)CCOCC1. The van der Waals surface area contributed by atoms with Crippen LogP contribution in [0.2, 0.25) is 0 Å². The first-order valence-electron chi connectivity index (χ1n) is 11.7. The van der Waals surface area contributed by atoms with Crippen LogP contribution in [0.3, 0.4) is 0 Å². The minimum absolute atomic E-state index is 0.0491. The van der Waals surface area contributed by atoms with Gasteiger partial charge in [-0.2, -0.15) is 0 Å². The Kier molecular flexibility index (Phi) is 6.22. The van der Waals surface area contributed by atoms with Crippen LogP contribution in [-0.2, 0) is 24.1 Å². The van der Waals surface area contributed by atoms with Crippen molar-refractivity contribution in [1.82, 2.24) is 14.5 Å². The molecule has 2 aromatic heterocycles. The summed E-state index contributed by atoms with van der Waals surface area (Å²) >= 11 is 1.36. The Bertz CT molecular complexity index is 1510. The average molecular weight is 526 g/mol. The highest BCUT2D eigenvalue weighted by atomic mass is 32.2. The van der Waals surface area contributed by atoms with Crippen LogP contribution in [0.4, 0.5) is 0 Å². The second-order valence-corrected chi connectivity index (χ2v) is 13.0. The van der Waals surface area contributed by atoms with E-state index in [0.717, 1.165) is 11.3 Å². The Labute approximate surface area is 213 Å². The minimum Gasteiger partial charge on any atom is -0.459 e. The molecular formula is C26H27N3O5S2. The molecule has 188 valence electrons. The number of thiazole rings is 1. The highest BCUT2D eigenvalue weighted by molar-refractivity contribution is 7.93. The smallest absolute Gasteiger partial charge is 0.328 e. The fourth-order valence-corrected chi connectivity index (χ4v) is 7.20. The quantitative estimate of drug-likeness (QED) is 0.345. The Morgan fingerprint density at radius 1 is 1.11 bits per heavy atom. The third-order valence-corrected chi connectivity index (χ3v) is 9.63. The maximum atomic E-state index is 13.9. The van der Waals surface area contributed by atoms with Crippen LogP contribution in [0.25, 0.3) is 26.6 Å². The highest BCUT2D eigenvalue weighted by Gasteiger charge is 2.54. The van der Waals surface area contributed by atoms with Crippen LogP contribution in [0, 0.1) is 0 Å². The molecule has 0 atom stereocenters. The number of nitrogens with zero attached hydrogens (tertiary/aromatic N) is 3. The molecule has 5 rings (SSSR count). The molecule has 4 aromatic rings. The van der Waals surface area contributed by atoms with E-state index < -0.39 is 26.2 Å². The first kappa shape index (κ1) is 24.6. The van der Waals surface area contributed by atoms with Gasteiger partial charge in [0.2, 0.25) is 0 Å². The van der Waals surface area contributed by atoms with E-state index in [1.165, 1.54) is 17.4 Å². The molecule has 1 fully saturated rings. The molecule has 0 amide bonds. The van der Waals surface area contributed by atoms with Gasteiger partial charge in [-0.25, -0.2) is 18.4 Å². The Hall–Kier alpha value is -3.08. The van der Waals surface area contributed by atoms with E-state index >= 15 is 0 Å². The maximum Gasteiger partial charge on any atom is 0.328 e. The molecule has 0 saturated carbocycles. The Balaban J connectivity index is 1.51. The van der Waals surface area contributed by atoms with Gasteiger partial charge in [0.25, 0.3) is 0 Å². The van der Waals surface area contributed by atoms with Crippen LogP contribution in [0.1, 0.15) is 33.6 Å². The molecule has 0 bridgehead atoms. The number of esters is 1. The van der Waals surface area contributed by atoms with E-state index in [-0.39, 0.29) is 31.0 Å². The number of carbonyl (C=O) groups is 1. The summed E-state index contributed by atoms with van der Waals surface area (Å²) in [6.07, 6.45) is 3.68. The van der Waals surface area contributed by atoms with Gasteiger partial charge in [-0.1, -0.05) is 41.7 Å². The molecule has 2 aromatic carbocycles. The van der Waals surface area contributed by atoms with Gasteiger partial charge < -0.3 is 9.47 Å². The van der Waals surface area contributed by atoms with Crippen LogP contribution >= 0.6 is 11.3 Å². The number of aromatic nitrogens is 3. The summed E-state index contributed by atoms with van der Waals surface area (Å²) in [7, 11) is -4.07. The lowest BCUT2D eigenvalue weighted by Gasteiger charge is -2.36. The van der Waals surface area contributed by atoms with Gasteiger partial charge in [-0.05, 0) is 39.0 Å². The fraction of sp³-hybridized carbons (Fsp3) is 0.346. The van der Waals surface area contributed by atoms with E-state index in [1.807, 2.05) is 41.1 Å². The molecular weight excluding hydrogens is 498 g/mol. The highest BCUT2D eigenvalue weighted by Crippen LogP contribution is 2.39. The van der Waals surface area contributed by atoms with Gasteiger partial charge in [0.1, 0.15) is 11.9 Å². The summed E-state index contributed by atoms with van der Waals surface area (Å²) in [6.45, 7) is 5.55. The summed E-state index contributed by atoms with van der Waals surface area (Å²) in [5, 5.41) is 0.669. The van der Waals surface area contributed by atoms with Crippen molar-refractivity contribution in [3.05, 3.63) is 61.1 Å². The number of hydrogen-bond acceptors (Lipinski definition) is 8. The van der Waals surface area contributed by atoms with E-state index in [0.29, 0.717) is 15.3 Å². The summed E-state index contributed by atoms with van der Waals surface area (Å²) < 4.78 is 39.7. The number of fused-ring (bicyclic) bond motifs is 1. The lowest BCUT2D eigenvalue weighted by atomic mass is 9.99. The van der Waals surface area contributed by atoms with Crippen molar-refractivity contribution in [2.24, 2.45) is 0 Å². The molecule has 0 aliphatic carbocycles. The van der Waals surface area contributed by atoms with Crippen molar-refractivity contribution in [2.75, 3.05) is 13.2 Å². The Morgan fingerprint density at radius 2 is 1.83 bits per heavy atom. The van der Waals surface area contributed by atoms with Gasteiger partial charge >= 0.3 is 5.97 Å². The van der Waals surface area contributed by atoms with E-state index in [9.17, 15) is 13.2 Å². The predicted octanol–water partition coefficient (Wildman–Crippen LogP) is 4.81. The predicted molar refractivity (Wildman–Crippen MR) is 138 cm³/mol. The minimum atomic E-state index is -4.07. The van der Waals surface area contributed by atoms with Crippen molar-refractivity contribution in [2.45, 2.75) is 48.9 Å². The van der Waals surface area contributed by atoms with Gasteiger partial charge in [0.05, 0.1) is 20.8 Å². The Morgan fingerprint density at radius 3 is 2.53 bits per heavy atom. The van der Waals surface area contributed by atoms with E-state index in [4.69, 9.17) is 9.47 Å². The first-order valence-corrected chi connectivity index (χ1v) is 14.0. The fourth-order valence-electron chi connectivity index (χ4n) is 4.24. The van der Waals surface area contributed by atoms with Gasteiger partial charge in [0, 0.05) is 37.8 Å². The summed E-state index contributed by atoms with van der Waals surface area (Å²) in [5.74, 6) is -0.727. The molecule has 0 radical (unpaired) electrons. The third kappa shape index (κ3) is 4.44. The summed E-state index contributed by atoms with van der Waals surface area (Å²) in [4.78, 5) is 22.5. The zero-order valence-electron chi connectivity index (χ0n) is 20.3. The molecule has 0 spiro atoms. The van der Waals surface area contributed by atoms with Crippen molar-refractivity contribution in [3.63, 3.8) is 0 Å². The van der Waals surface area contributed by atoms with Gasteiger partial charge in [-0.3, -0.25) is 9.36 Å². The molecule has 10 heteroatoms. The van der Waals surface area contributed by atoms with Crippen molar-refractivity contribution >= 4 is 37.4 Å². The van der Waals surface area contributed by atoms with Gasteiger partial charge in [0.15, 0.2) is 19.7 Å². The second kappa shape index (κ2) is 9.10. The zero-order chi connectivity index (χ0) is 25.6. The van der Waals surface area contributed by atoms with Gasteiger partial charge in [-0.15, -0.1) is 0 Å². The van der Waals surface area contributed by atoms with E-state index in [1.54, 1.807) is 39.2 Å². The summed E-state index contributed by atoms with van der Waals surface area (Å²) in [6, 6.07) is 14.6. The molecule has 1 aliphatic rings. The molecule has 8 nitrogen and oxygen atoms in total. The lowest BCUT2D eigenvalue weighted by Crippen LogP contribution is -2.53. The number of ether oxygens (including phenoxy) is 2. The maximum absolute atomic E-state index is 13.9. The van der Waals surface area contributed by atoms with Crippen LogP contribution in [-0.4, -0.2) is 52.5 Å². The van der Waals surface area contributed by atoms with Crippen LogP contribution in [0.5, 0.6) is 0 Å². The van der Waals surface area contributed by atoms with Crippen molar-refractivity contribution < 1.29 is 22.7 Å². The standard InChI is InChI=1S/C26H27N3O5S2/c1-25(2,3)34-23(30)26(11-13-33-14-12-26)36(31,32)19-9-10-20-22(15-19)35-24(28-20)29-16-21(27-17-29)18-7-5-4-6-8-18/h4-10,15-17H,11-14H2,1-3H3. The normalized spacial score (nSPS) is 16.2. The van der Waals surface area contributed by atoms with E-state index in [2.05, 4.69) is 9.97 Å². The van der Waals surface area contributed by atoms with Crippen LogP contribution in [0.15, 0.2) is 66.0 Å². The molecule has 1 aliphatic heterocycles.